The number of urea groups is 1. The zero-order valence-electron chi connectivity index (χ0n) is 13.9. The van der Waals surface area contributed by atoms with Crippen LogP contribution in [0, 0.1) is 11.6 Å². The highest BCUT2D eigenvalue weighted by molar-refractivity contribution is 6.07. The lowest BCUT2D eigenvalue weighted by Crippen LogP contribution is -2.45. The normalized spacial score (nSPS) is 19.5. The van der Waals surface area contributed by atoms with E-state index in [1.54, 1.807) is 18.2 Å². The van der Waals surface area contributed by atoms with Crippen LogP contribution in [0.15, 0.2) is 59.7 Å². The molecule has 9 heteroatoms. The van der Waals surface area contributed by atoms with Crippen LogP contribution in [0.1, 0.15) is 5.56 Å². The molecule has 0 spiro atoms. The van der Waals surface area contributed by atoms with Gasteiger partial charge < -0.3 is 0 Å². The largest absolute Gasteiger partial charge is 0.452 e. The van der Waals surface area contributed by atoms with Crippen LogP contribution in [0.5, 0.6) is 0 Å². The number of hydrogen-bond donors (Lipinski definition) is 1. The summed E-state index contributed by atoms with van der Waals surface area (Å²) in [6, 6.07) is 9.63. The van der Waals surface area contributed by atoms with Crippen molar-refractivity contribution in [3.63, 3.8) is 0 Å². The molecule has 1 N–H and O–H groups in total. The molecule has 3 rings (SSSR count). The van der Waals surface area contributed by atoms with Crippen molar-refractivity contribution >= 4 is 23.1 Å². The van der Waals surface area contributed by atoms with E-state index in [9.17, 15) is 26.7 Å². The van der Waals surface area contributed by atoms with Crippen molar-refractivity contribution in [1.82, 2.24) is 0 Å². The molecule has 2 aromatic rings. The van der Waals surface area contributed by atoms with E-state index in [2.05, 4.69) is 5.10 Å². The minimum absolute atomic E-state index is 0.0860. The molecule has 140 valence electrons. The first-order chi connectivity index (χ1) is 12.6. The number of rotatable bonds is 2. The number of nitrogens with one attached hydrogen (secondary N) is 1. The molecular formula is C18H13F5N3O+. The predicted molar refractivity (Wildman–Crippen MR) is 89.5 cm³/mol. The van der Waals surface area contributed by atoms with Crippen LogP contribution in [-0.4, -0.2) is 29.6 Å². The Morgan fingerprint density at radius 1 is 1.00 bits per heavy atom. The summed E-state index contributed by atoms with van der Waals surface area (Å²) in [5.74, 6) is -2.11. The van der Waals surface area contributed by atoms with E-state index in [-0.39, 0.29) is 5.70 Å². The first kappa shape index (κ1) is 18.7. The second-order valence-electron chi connectivity index (χ2n) is 5.86. The maximum atomic E-state index is 13.8. The van der Waals surface area contributed by atoms with Crippen LogP contribution in [-0.2, 0) is 0 Å². The minimum Gasteiger partial charge on any atom is -0.267 e. The van der Waals surface area contributed by atoms with Crippen LogP contribution in [0.25, 0.3) is 5.70 Å². The van der Waals surface area contributed by atoms with E-state index in [1.165, 1.54) is 12.1 Å². The Kier molecular flexibility index (Phi) is 4.56. The van der Waals surface area contributed by atoms with Gasteiger partial charge in [0.15, 0.2) is 5.70 Å². The van der Waals surface area contributed by atoms with Crippen LogP contribution in [0.2, 0.25) is 0 Å². The third-order valence-corrected chi connectivity index (χ3v) is 4.00. The third-order valence-electron chi connectivity index (χ3n) is 4.00. The summed E-state index contributed by atoms with van der Waals surface area (Å²) in [5.41, 5.74) is -1.80. The molecule has 0 saturated heterocycles. The lowest BCUT2D eigenvalue weighted by atomic mass is 10.1. The van der Waals surface area contributed by atoms with Crippen LogP contribution < -0.4 is 5.32 Å². The van der Waals surface area contributed by atoms with Crippen LogP contribution in [0.4, 0.5) is 32.4 Å². The van der Waals surface area contributed by atoms with Gasteiger partial charge in [0.1, 0.15) is 24.4 Å². The number of hydrogen-bond acceptors (Lipinski definition) is 2. The molecule has 4 nitrogen and oxygen atoms in total. The van der Waals surface area contributed by atoms with E-state index >= 15 is 0 Å². The van der Waals surface area contributed by atoms with Crippen molar-refractivity contribution < 1.29 is 31.3 Å². The van der Waals surface area contributed by atoms with Crippen molar-refractivity contribution in [1.29, 1.82) is 0 Å². The molecule has 0 aromatic heterocycles. The van der Waals surface area contributed by atoms with Gasteiger partial charge in [0.05, 0.1) is 0 Å². The second kappa shape index (κ2) is 6.58. The molecule has 1 aliphatic rings. The summed E-state index contributed by atoms with van der Waals surface area (Å²) in [6.07, 6.45) is -4.05. The van der Waals surface area contributed by atoms with Gasteiger partial charge in [0, 0.05) is 11.6 Å². The molecule has 27 heavy (non-hydrogen) atoms. The molecule has 0 aliphatic carbocycles. The van der Waals surface area contributed by atoms with E-state index in [0.29, 0.717) is 5.56 Å². The van der Waals surface area contributed by atoms with Gasteiger partial charge in [-0.3, -0.25) is 5.32 Å². The fourth-order valence-corrected chi connectivity index (χ4v) is 2.62. The highest BCUT2D eigenvalue weighted by atomic mass is 19.4. The number of para-hydroxylation sites is 1. The lowest BCUT2D eigenvalue weighted by molar-refractivity contribution is -0.756. The molecule has 1 heterocycles. The smallest absolute Gasteiger partial charge is 0.267 e. The Balaban J connectivity index is 2.06. The predicted octanol–water partition coefficient (Wildman–Crippen LogP) is 4.92. The standard InChI is InChI=1S/C18H12F5N3O/c1-26(17(27)24-16-12(19)8-5-9-13(16)20)14(11-6-3-2-4-7-11)10-15(25-26)18(21,22)23/h2-10H,1H3/p+1. The molecule has 1 unspecified atom stereocenters. The van der Waals surface area contributed by atoms with Gasteiger partial charge in [-0.05, 0) is 24.3 Å². The number of carbonyl (C=O) groups excluding carboxylic acids is 1. The molecule has 2 amide bonds. The van der Waals surface area contributed by atoms with Crippen molar-refractivity contribution in [2.75, 3.05) is 12.4 Å². The first-order valence-electron chi connectivity index (χ1n) is 7.70. The Morgan fingerprint density at radius 3 is 2.15 bits per heavy atom. The first-order valence-corrected chi connectivity index (χ1v) is 7.70. The monoisotopic (exact) mass is 382 g/mol. The van der Waals surface area contributed by atoms with Crippen molar-refractivity contribution in [2.24, 2.45) is 5.10 Å². The Labute approximate surface area is 150 Å². The molecule has 0 bridgehead atoms. The maximum Gasteiger partial charge on any atom is 0.452 e. The summed E-state index contributed by atoms with van der Waals surface area (Å²) < 4.78 is 66.0. The molecule has 0 radical (unpaired) electrons. The van der Waals surface area contributed by atoms with Gasteiger partial charge in [-0.15, -0.1) is 0 Å². The van der Waals surface area contributed by atoms with Gasteiger partial charge in [0.2, 0.25) is 5.71 Å². The number of nitrogens with zero attached hydrogens (tertiary/aromatic N) is 2. The fourth-order valence-electron chi connectivity index (χ4n) is 2.62. The summed E-state index contributed by atoms with van der Waals surface area (Å²) in [7, 11) is 1.10. The van der Waals surface area contributed by atoms with Crippen molar-refractivity contribution in [2.45, 2.75) is 6.18 Å². The summed E-state index contributed by atoms with van der Waals surface area (Å²) in [4.78, 5) is 12.7. The van der Waals surface area contributed by atoms with Crippen molar-refractivity contribution in [3.8, 4) is 0 Å². The Morgan fingerprint density at radius 2 is 1.59 bits per heavy atom. The molecule has 1 atom stereocenters. The zero-order chi connectivity index (χ0) is 19.8. The highest BCUT2D eigenvalue weighted by Crippen LogP contribution is 2.36. The summed E-state index contributed by atoms with van der Waals surface area (Å²) in [6.45, 7) is 0. The van der Waals surface area contributed by atoms with Gasteiger partial charge in [-0.1, -0.05) is 34.0 Å². The number of amides is 2. The average molecular weight is 382 g/mol. The quantitative estimate of drug-likeness (QED) is 0.582. The van der Waals surface area contributed by atoms with Crippen molar-refractivity contribution in [3.05, 3.63) is 71.8 Å². The Bertz CT molecular complexity index is 933. The molecule has 0 fully saturated rings. The van der Waals surface area contributed by atoms with Gasteiger partial charge in [-0.2, -0.15) is 13.2 Å². The molecule has 0 saturated carbocycles. The number of quaternary nitrogens is 1. The maximum absolute atomic E-state index is 13.8. The Hall–Kier alpha value is -3.07. The fraction of sp³-hybridized carbons (Fsp3) is 0.111. The summed E-state index contributed by atoms with van der Waals surface area (Å²) >= 11 is 0. The molecule has 2 aromatic carbocycles. The van der Waals surface area contributed by atoms with E-state index in [1.807, 2.05) is 5.32 Å². The molecular weight excluding hydrogens is 369 g/mol. The lowest BCUT2D eigenvalue weighted by Gasteiger charge is -2.24. The number of anilines is 1. The number of benzene rings is 2. The van der Waals surface area contributed by atoms with E-state index < -0.39 is 39.8 Å². The van der Waals surface area contributed by atoms with Gasteiger partial charge in [0.25, 0.3) is 0 Å². The zero-order valence-corrected chi connectivity index (χ0v) is 13.9. The van der Waals surface area contributed by atoms with Crippen LogP contribution >= 0.6 is 0 Å². The topological polar surface area (TPSA) is 41.5 Å². The summed E-state index contributed by atoms with van der Waals surface area (Å²) in [5, 5.41) is 5.48. The number of allylic oxidation sites excluding steroid dienone is 1. The van der Waals surface area contributed by atoms with Gasteiger partial charge in [-0.25, -0.2) is 13.6 Å². The average Bonchev–Trinajstić information content (AvgIpc) is 2.98. The minimum atomic E-state index is -4.79. The van der Waals surface area contributed by atoms with Crippen LogP contribution in [0.3, 0.4) is 0 Å². The molecule has 1 aliphatic heterocycles. The van der Waals surface area contributed by atoms with E-state index in [4.69, 9.17) is 0 Å². The SMILES string of the molecule is C[N+]1(C(=O)Nc2c(F)cccc2F)N=C(C(F)(F)F)C=C1c1ccccc1. The van der Waals surface area contributed by atoms with E-state index in [0.717, 1.165) is 31.3 Å². The number of halogens is 5. The highest BCUT2D eigenvalue weighted by Gasteiger charge is 2.50. The number of carbonyl (C=O) groups is 1. The van der Waals surface area contributed by atoms with Gasteiger partial charge >= 0.3 is 12.2 Å². The third kappa shape index (κ3) is 3.45. The second-order valence-corrected chi connectivity index (χ2v) is 5.86. The number of alkyl halides is 3.